The molecule has 1 aliphatic heterocycles. The number of ether oxygens (including phenoxy) is 1. The van der Waals surface area contributed by atoms with E-state index in [1.807, 2.05) is 37.3 Å². The van der Waals surface area contributed by atoms with E-state index in [1.54, 1.807) is 43.5 Å². The molecule has 1 amide bonds. The lowest BCUT2D eigenvalue weighted by Crippen LogP contribution is -2.43. The van der Waals surface area contributed by atoms with Crippen LogP contribution in [0.5, 0.6) is 5.75 Å². The first kappa shape index (κ1) is 22.3. The van der Waals surface area contributed by atoms with Crippen molar-refractivity contribution in [2.24, 2.45) is 0 Å². The van der Waals surface area contributed by atoms with Gasteiger partial charge in [0.1, 0.15) is 5.75 Å². The predicted octanol–water partition coefficient (Wildman–Crippen LogP) is 5.40. The van der Waals surface area contributed by atoms with E-state index >= 15 is 0 Å². The van der Waals surface area contributed by atoms with E-state index in [1.165, 1.54) is 0 Å². The fourth-order valence-corrected chi connectivity index (χ4v) is 4.14. The van der Waals surface area contributed by atoms with Gasteiger partial charge in [-0.15, -0.1) is 0 Å². The summed E-state index contributed by atoms with van der Waals surface area (Å²) in [4.78, 5) is 25.9. The highest BCUT2D eigenvalue weighted by Gasteiger charge is 2.28. The number of benzene rings is 3. The lowest BCUT2D eigenvalue weighted by Gasteiger charge is -2.35. The number of allylic oxidation sites excluding steroid dienone is 1. The van der Waals surface area contributed by atoms with Crippen molar-refractivity contribution in [3.8, 4) is 5.75 Å². The van der Waals surface area contributed by atoms with Gasteiger partial charge in [-0.05, 0) is 68.7 Å². The Hall–Kier alpha value is -3.86. The Morgan fingerprint density at radius 1 is 1.03 bits per heavy atom. The third-order valence-corrected chi connectivity index (χ3v) is 5.78. The molecule has 0 fully saturated rings. The summed E-state index contributed by atoms with van der Waals surface area (Å²) < 4.78 is 5.39. The molecule has 0 saturated carbocycles. The predicted molar refractivity (Wildman–Crippen MR) is 132 cm³/mol. The minimum Gasteiger partial charge on any atom is -0.497 e. The number of ketones is 1. The Bertz CT molecular complexity index is 1260. The zero-order valence-electron chi connectivity index (χ0n) is 19.4. The molecule has 0 atom stereocenters. The van der Waals surface area contributed by atoms with Crippen LogP contribution in [0.15, 0.2) is 72.8 Å². The molecule has 5 heteroatoms. The summed E-state index contributed by atoms with van der Waals surface area (Å²) in [5, 5.41) is 6.39. The highest BCUT2D eigenvalue weighted by Crippen LogP contribution is 2.32. The summed E-state index contributed by atoms with van der Waals surface area (Å²) in [7, 11) is 1.63. The molecule has 0 radical (unpaired) electrons. The van der Waals surface area contributed by atoms with Gasteiger partial charge in [0.25, 0.3) is 5.91 Å². The number of carbonyl (C=O) groups excluding carboxylic acids is 2. The van der Waals surface area contributed by atoms with Crippen LogP contribution in [0.4, 0.5) is 5.69 Å². The van der Waals surface area contributed by atoms with Gasteiger partial charge < -0.3 is 15.4 Å². The first-order valence-corrected chi connectivity index (χ1v) is 10.9. The standard InChI is InChI=1S/C28H28N2O3/c1-18-8-5-6-11-23(18)27(32)29-21-10-7-9-19(14-21)26(31)16-25-24-15-22(33-4)13-12-20(24)17-28(2,3)30-25/h5-16,30H,17H2,1-4H3,(H,29,32)/b25-16-. The fourth-order valence-electron chi connectivity index (χ4n) is 4.14. The zero-order chi connectivity index (χ0) is 23.6. The Labute approximate surface area is 194 Å². The maximum atomic E-state index is 13.2. The molecule has 3 aromatic carbocycles. The maximum Gasteiger partial charge on any atom is 0.255 e. The molecule has 33 heavy (non-hydrogen) atoms. The number of nitrogens with one attached hydrogen (secondary N) is 2. The van der Waals surface area contributed by atoms with Crippen LogP contribution in [-0.2, 0) is 6.42 Å². The van der Waals surface area contributed by atoms with Crippen LogP contribution >= 0.6 is 0 Å². The molecule has 0 aromatic heterocycles. The number of fused-ring (bicyclic) bond motifs is 1. The Morgan fingerprint density at radius 3 is 2.58 bits per heavy atom. The van der Waals surface area contributed by atoms with E-state index < -0.39 is 0 Å². The zero-order valence-corrected chi connectivity index (χ0v) is 19.4. The average Bonchev–Trinajstić information content (AvgIpc) is 2.78. The highest BCUT2D eigenvalue weighted by atomic mass is 16.5. The van der Waals surface area contributed by atoms with Crippen molar-refractivity contribution >= 4 is 23.1 Å². The van der Waals surface area contributed by atoms with Crippen LogP contribution in [0.25, 0.3) is 5.70 Å². The van der Waals surface area contributed by atoms with Crippen molar-refractivity contribution in [2.45, 2.75) is 32.7 Å². The molecule has 4 rings (SSSR count). The third-order valence-electron chi connectivity index (χ3n) is 5.78. The van der Waals surface area contributed by atoms with Crippen molar-refractivity contribution in [2.75, 3.05) is 12.4 Å². The molecule has 0 spiro atoms. The summed E-state index contributed by atoms with van der Waals surface area (Å²) in [6.07, 6.45) is 2.47. The first-order chi connectivity index (χ1) is 15.8. The number of aryl methyl sites for hydroxylation is 1. The van der Waals surface area contributed by atoms with Gasteiger partial charge in [0.2, 0.25) is 0 Å². The van der Waals surface area contributed by atoms with E-state index in [0.29, 0.717) is 16.8 Å². The van der Waals surface area contributed by atoms with Crippen LogP contribution in [0, 0.1) is 6.92 Å². The normalized spacial score (nSPS) is 15.3. The molecule has 1 heterocycles. The van der Waals surface area contributed by atoms with Gasteiger partial charge >= 0.3 is 0 Å². The molecule has 0 saturated heterocycles. The third kappa shape index (κ3) is 4.98. The number of methoxy groups -OCH3 is 1. The summed E-state index contributed by atoms with van der Waals surface area (Å²) in [5.74, 6) is 0.401. The quantitative estimate of drug-likeness (QED) is 0.412. The molecule has 5 nitrogen and oxygen atoms in total. The summed E-state index contributed by atoms with van der Waals surface area (Å²) >= 11 is 0. The molecule has 0 unspecified atom stereocenters. The number of carbonyl (C=O) groups is 2. The van der Waals surface area contributed by atoms with Gasteiger partial charge in [0, 0.05) is 39.7 Å². The second-order valence-corrected chi connectivity index (χ2v) is 8.98. The summed E-state index contributed by atoms with van der Waals surface area (Å²) in [6.45, 7) is 6.12. The van der Waals surface area contributed by atoms with E-state index in [9.17, 15) is 9.59 Å². The van der Waals surface area contributed by atoms with E-state index in [0.717, 1.165) is 34.6 Å². The van der Waals surface area contributed by atoms with Crippen molar-refractivity contribution in [3.05, 3.63) is 101 Å². The highest BCUT2D eigenvalue weighted by molar-refractivity contribution is 6.10. The smallest absolute Gasteiger partial charge is 0.255 e. The SMILES string of the molecule is COc1ccc2c(c1)/C(=C/C(=O)c1cccc(NC(=O)c3ccccc3C)c1)NC(C)(C)C2. The Balaban J connectivity index is 1.62. The van der Waals surface area contributed by atoms with Crippen LogP contribution in [0.2, 0.25) is 0 Å². The largest absolute Gasteiger partial charge is 0.497 e. The lowest BCUT2D eigenvalue weighted by molar-refractivity contribution is 0.102. The minimum absolute atomic E-state index is 0.143. The lowest BCUT2D eigenvalue weighted by atomic mass is 9.85. The second kappa shape index (κ2) is 8.94. The van der Waals surface area contributed by atoms with Crippen molar-refractivity contribution < 1.29 is 14.3 Å². The molecule has 3 aromatic rings. The number of amides is 1. The number of rotatable bonds is 5. The number of hydrogen-bond donors (Lipinski definition) is 2. The Kier molecular flexibility index (Phi) is 6.05. The van der Waals surface area contributed by atoms with Gasteiger partial charge in [0.05, 0.1) is 7.11 Å². The molecular weight excluding hydrogens is 412 g/mol. The summed E-state index contributed by atoms with van der Waals surface area (Å²) in [6, 6.07) is 20.4. The van der Waals surface area contributed by atoms with Crippen LogP contribution < -0.4 is 15.4 Å². The molecular formula is C28H28N2O3. The minimum atomic E-state index is -0.201. The Morgan fingerprint density at radius 2 is 1.82 bits per heavy atom. The molecule has 1 aliphatic rings. The van der Waals surface area contributed by atoms with E-state index in [4.69, 9.17) is 4.74 Å². The fraction of sp³-hybridized carbons (Fsp3) is 0.214. The summed E-state index contributed by atoms with van der Waals surface area (Å²) in [5.41, 5.74) is 5.29. The van der Waals surface area contributed by atoms with Crippen molar-refractivity contribution in [1.29, 1.82) is 0 Å². The molecule has 168 valence electrons. The molecule has 2 N–H and O–H groups in total. The molecule has 0 aliphatic carbocycles. The van der Waals surface area contributed by atoms with E-state index in [2.05, 4.69) is 30.5 Å². The van der Waals surface area contributed by atoms with Crippen LogP contribution in [0.3, 0.4) is 0 Å². The van der Waals surface area contributed by atoms with Crippen molar-refractivity contribution in [3.63, 3.8) is 0 Å². The van der Waals surface area contributed by atoms with Gasteiger partial charge in [0.15, 0.2) is 5.78 Å². The number of anilines is 1. The average molecular weight is 441 g/mol. The monoisotopic (exact) mass is 440 g/mol. The van der Waals surface area contributed by atoms with Crippen LogP contribution in [-0.4, -0.2) is 24.3 Å². The van der Waals surface area contributed by atoms with E-state index in [-0.39, 0.29) is 17.2 Å². The molecule has 0 bridgehead atoms. The topological polar surface area (TPSA) is 67.4 Å². The van der Waals surface area contributed by atoms with Crippen molar-refractivity contribution in [1.82, 2.24) is 5.32 Å². The van der Waals surface area contributed by atoms with Gasteiger partial charge in [-0.1, -0.05) is 36.4 Å². The van der Waals surface area contributed by atoms with Gasteiger partial charge in [-0.25, -0.2) is 0 Å². The van der Waals surface area contributed by atoms with Gasteiger partial charge in [-0.3, -0.25) is 9.59 Å². The second-order valence-electron chi connectivity index (χ2n) is 8.98. The maximum absolute atomic E-state index is 13.2. The van der Waals surface area contributed by atoms with Crippen LogP contribution in [0.1, 0.15) is 51.3 Å². The van der Waals surface area contributed by atoms with Gasteiger partial charge in [-0.2, -0.15) is 0 Å². The first-order valence-electron chi connectivity index (χ1n) is 10.9. The number of hydrogen-bond acceptors (Lipinski definition) is 4.